The predicted molar refractivity (Wildman–Crippen MR) is 140 cm³/mol. The lowest BCUT2D eigenvalue weighted by atomic mass is 10.0. The van der Waals surface area contributed by atoms with Gasteiger partial charge in [-0.3, -0.25) is 9.69 Å². The molecular formula is C28H25N3OS. The Balaban J connectivity index is 1.46. The topological polar surface area (TPSA) is 45.0 Å². The summed E-state index contributed by atoms with van der Waals surface area (Å²) < 4.78 is 0. The summed E-state index contributed by atoms with van der Waals surface area (Å²) in [4.78, 5) is 15.0. The van der Waals surface area contributed by atoms with Gasteiger partial charge in [0, 0.05) is 5.56 Å². The molecule has 4 aromatic rings. The molecule has 0 saturated carbocycles. The van der Waals surface area contributed by atoms with E-state index in [1.165, 1.54) is 22.5 Å². The summed E-state index contributed by atoms with van der Waals surface area (Å²) in [5, 5.41) is 14.1. The van der Waals surface area contributed by atoms with E-state index < -0.39 is 0 Å². The lowest BCUT2D eigenvalue weighted by molar-refractivity contribution is -0.126. The first-order valence-corrected chi connectivity index (χ1v) is 12.2. The van der Waals surface area contributed by atoms with Crippen LogP contribution in [-0.4, -0.2) is 27.4 Å². The molecule has 164 valence electrons. The van der Waals surface area contributed by atoms with Gasteiger partial charge in [0.05, 0.1) is 18.0 Å². The fraction of sp³-hybridized carbons (Fsp3) is 0.179. The fourth-order valence-electron chi connectivity index (χ4n) is 4.28. The molecule has 0 aliphatic carbocycles. The van der Waals surface area contributed by atoms with Crippen molar-refractivity contribution in [2.45, 2.75) is 31.6 Å². The summed E-state index contributed by atoms with van der Waals surface area (Å²) in [6.07, 6.45) is 3.57. The van der Waals surface area contributed by atoms with Gasteiger partial charge in [-0.15, -0.1) is 5.10 Å². The van der Waals surface area contributed by atoms with Crippen LogP contribution in [0.25, 0.3) is 21.5 Å². The van der Waals surface area contributed by atoms with Crippen LogP contribution in [0.15, 0.2) is 95.1 Å². The molecule has 0 N–H and O–H groups in total. The minimum Gasteiger partial charge on any atom is -0.284 e. The summed E-state index contributed by atoms with van der Waals surface area (Å²) in [7, 11) is 0. The Morgan fingerprint density at radius 2 is 1.55 bits per heavy atom. The van der Waals surface area contributed by atoms with Gasteiger partial charge < -0.3 is 0 Å². The number of fused-ring (bicyclic) bond motifs is 2. The second-order valence-electron chi connectivity index (χ2n) is 8.15. The van der Waals surface area contributed by atoms with Crippen molar-refractivity contribution < 1.29 is 4.79 Å². The van der Waals surface area contributed by atoms with Crippen molar-refractivity contribution in [1.29, 1.82) is 0 Å². The molecule has 5 heteroatoms. The van der Waals surface area contributed by atoms with E-state index in [1.54, 1.807) is 11.1 Å². The second-order valence-corrected chi connectivity index (χ2v) is 9.32. The SMILES string of the molecule is CCC[C@H]1S/C(=N/N=C\c2cccc3ccccc23)N(Cc2cccc3ccccc23)C1=O. The minimum absolute atomic E-state index is 0.100. The van der Waals surface area contributed by atoms with Gasteiger partial charge in [0.25, 0.3) is 0 Å². The van der Waals surface area contributed by atoms with Gasteiger partial charge in [0.1, 0.15) is 0 Å². The standard InChI is InChI=1S/C28H25N3OS/c1-2-9-26-27(32)31(19-23-15-8-13-21-11-4-6-17-25(21)23)28(33-26)30-29-18-22-14-7-12-20-10-3-5-16-24(20)22/h3-8,10-18,26H,2,9,19H2,1H3/b29-18-,30-28+/t26-/m1/s1. The average molecular weight is 452 g/mol. The highest BCUT2D eigenvalue weighted by atomic mass is 32.2. The van der Waals surface area contributed by atoms with Crippen molar-refractivity contribution in [3.05, 3.63) is 96.1 Å². The van der Waals surface area contributed by atoms with Crippen LogP contribution in [0.1, 0.15) is 30.9 Å². The molecule has 1 aliphatic heterocycles. The summed E-state index contributed by atoms with van der Waals surface area (Å²) in [5.74, 6) is 0.119. The van der Waals surface area contributed by atoms with Crippen molar-refractivity contribution >= 4 is 50.6 Å². The largest absolute Gasteiger partial charge is 0.284 e. The maximum atomic E-state index is 13.2. The molecule has 1 amide bonds. The molecule has 0 aromatic heterocycles. The number of hydrogen-bond donors (Lipinski definition) is 0. The maximum absolute atomic E-state index is 13.2. The molecule has 0 unspecified atom stereocenters. The highest BCUT2D eigenvalue weighted by Crippen LogP contribution is 2.33. The zero-order chi connectivity index (χ0) is 22.6. The molecular weight excluding hydrogens is 426 g/mol. The third-order valence-electron chi connectivity index (χ3n) is 5.94. The molecule has 4 aromatic carbocycles. The first-order valence-electron chi connectivity index (χ1n) is 11.3. The lowest BCUT2D eigenvalue weighted by Crippen LogP contribution is -2.31. The zero-order valence-electron chi connectivity index (χ0n) is 18.5. The van der Waals surface area contributed by atoms with Gasteiger partial charge in [-0.1, -0.05) is 110 Å². The Labute approximate surface area is 198 Å². The third kappa shape index (κ3) is 4.41. The molecule has 1 saturated heterocycles. The van der Waals surface area contributed by atoms with Crippen LogP contribution in [-0.2, 0) is 11.3 Å². The lowest BCUT2D eigenvalue weighted by Gasteiger charge is -2.17. The van der Waals surface area contributed by atoms with Crippen LogP contribution in [0, 0.1) is 0 Å². The highest BCUT2D eigenvalue weighted by molar-refractivity contribution is 8.15. The van der Waals surface area contributed by atoms with Crippen LogP contribution in [0.5, 0.6) is 0 Å². The summed E-state index contributed by atoms with van der Waals surface area (Å²) in [6, 6.07) is 28.9. The normalized spacial score (nSPS) is 17.7. The Bertz CT molecular complexity index is 1370. The maximum Gasteiger partial charge on any atom is 0.242 e. The van der Waals surface area contributed by atoms with Crippen LogP contribution in [0.2, 0.25) is 0 Å². The number of thioether (sulfide) groups is 1. The van der Waals surface area contributed by atoms with Crippen LogP contribution in [0.3, 0.4) is 0 Å². The van der Waals surface area contributed by atoms with Gasteiger partial charge >= 0.3 is 0 Å². The van der Waals surface area contributed by atoms with Crippen molar-refractivity contribution in [3.63, 3.8) is 0 Å². The highest BCUT2D eigenvalue weighted by Gasteiger charge is 2.37. The number of amides is 1. The van der Waals surface area contributed by atoms with Gasteiger partial charge in [-0.05, 0) is 33.5 Å². The van der Waals surface area contributed by atoms with Crippen LogP contribution < -0.4 is 0 Å². The number of carbonyl (C=O) groups excluding carboxylic acids is 1. The molecule has 1 atom stereocenters. The zero-order valence-corrected chi connectivity index (χ0v) is 19.3. The summed E-state index contributed by atoms with van der Waals surface area (Å²) in [6.45, 7) is 2.60. The van der Waals surface area contributed by atoms with Gasteiger partial charge in [0.2, 0.25) is 5.91 Å². The Morgan fingerprint density at radius 3 is 2.33 bits per heavy atom. The minimum atomic E-state index is -0.100. The van der Waals surface area contributed by atoms with Crippen molar-refractivity contribution in [3.8, 4) is 0 Å². The molecule has 1 aliphatic rings. The Kier molecular flexibility index (Phi) is 6.22. The molecule has 0 bridgehead atoms. The third-order valence-corrected chi connectivity index (χ3v) is 7.18. The van der Waals surface area contributed by atoms with E-state index in [-0.39, 0.29) is 11.2 Å². The Morgan fingerprint density at radius 1 is 0.879 bits per heavy atom. The average Bonchev–Trinajstić information content (AvgIpc) is 3.14. The molecule has 33 heavy (non-hydrogen) atoms. The number of rotatable bonds is 6. The van der Waals surface area contributed by atoms with Gasteiger partial charge in [-0.25, -0.2) is 0 Å². The molecule has 4 nitrogen and oxygen atoms in total. The first-order chi connectivity index (χ1) is 16.2. The van der Waals surface area contributed by atoms with Crippen LogP contribution in [0.4, 0.5) is 0 Å². The van der Waals surface area contributed by atoms with Crippen LogP contribution >= 0.6 is 11.8 Å². The smallest absolute Gasteiger partial charge is 0.242 e. The van der Waals surface area contributed by atoms with Crippen molar-refractivity contribution in [2.75, 3.05) is 0 Å². The van der Waals surface area contributed by atoms with Gasteiger partial charge in [0.15, 0.2) is 5.17 Å². The van der Waals surface area contributed by atoms with E-state index >= 15 is 0 Å². The van der Waals surface area contributed by atoms with E-state index in [9.17, 15) is 4.79 Å². The van der Waals surface area contributed by atoms with E-state index in [0.29, 0.717) is 11.7 Å². The van der Waals surface area contributed by atoms with Crippen molar-refractivity contribution in [1.82, 2.24) is 4.90 Å². The molecule has 0 spiro atoms. The van der Waals surface area contributed by atoms with E-state index in [2.05, 4.69) is 59.6 Å². The molecule has 0 radical (unpaired) electrons. The molecule has 5 rings (SSSR count). The van der Waals surface area contributed by atoms with E-state index in [1.807, 2.05) is 42.5 Å². The second kappa shape index (κ2) is 9.59. The Hall–Kier alpha value is -3.44. The fourth-order valence-corrected chi connectivity index (χ4v) is 5.49. The number of carbonyl (C=O) groups is 1. The number of benzene rings is 4. The number of hydrogen-bond acceptors (Lipinski definition) is 4. The van der Waals surface area contributed by atoms with E-state index in [0.717, 1.165) is 34.7 Å². The van der Waals surface area contributed by atoms with E-state index in [4.69, 9.17) is 0 Å². The number of amidine groups is 1. The summed E-state index contributed by atoms with van der Waals surface area (Å²) in [5.41, 5.74) is 2.13. The number of nitrogens with zero attached hydrogens (tertiary/aromatic N) is 3. The summed E-state index contributed by atoms with van der Waals surface area (Å²) >= 11 is 1.53. The predicted octanol–water partition coefficient (Wildman–Crippen LogP) is 6.63. The molecule has 1 heterocycles. The van der Waals surface area contributed by atoms with Gasteiger partial charge in [-0.2, -0.15) is 5.10 Å². The van der Waals surface area contributed by atoms with Crippen molar-refractivity contribution in [2.24, 2.45) is 10.2 Å². The monoisotopic (exact) mass is 451 g/mol. The first kappa shape index (κ1) is 21.4. The molecule has 1 fully saturated rings. The quantitative estimate of drug-likeness (QED) is 0.244.